The molecule has 0 aliphatic rings. The highest BCUT2D eigenvalue weighted by molar-refractivity contribution is 9.11. The third-order valence-electron chi connectivity index (χ3n) is 2.09. The van der Waals surface area contributed by atoms with Crippen molar-refractivity contribution < 1.29 is 0 Å². The van der Waals surface area contributed by atoms with Crippen molar-refractivity contribution >= 4 is 43.5 Å². The number of alkyl halides is 1. The molecule has 0 N–H and O–H groups in total. The zero-order valence-electron chi connectivity index (χ0n) is 9.15. The maximum Gasteiger partial charge on any atom is 0.0601 e. The van der Waals surface area contributed by atoms with Gasteiger partial charge in [0.15, 0.2) is 0 Å². The molecule has 0 aliphatic heterocycles. The van der Waals surface area contributed by atoms with Gasteiger partial charge in [-0.15, -0.1) is 11.6 Å². The fourth-order valence-corrected chi connectivity index (χ4v) is 3.08. The largest absolute Gasteiger partial charge is 0.118 e. The summed E-state index contributed by atoms with van der Waals surface area (Å²) in [4.78, 5) is 0. The molecule has 0 amide bonds. The second-order valence-corrected chi connectivity index (χ2v) is 7.19. The second-order valence-electron chi connectivity index (χ2n) is 4.90. The Hall–Kier alpha value is 0.470. The smallest absolute Gasteiger partial charge is 0.0601 e. The Morgan fingerprint density at radius 2 is 1.87 bits per heavy atom. The van der Waals surface area contributed by atoms with E-state index >= 15 is 0 Å². The summed E-state index contributed by atoms with van der Waals surface area (Å²) in [5, 5.41) is 0.0527. The predicted octanol–water partition coefficient (Wildman–Crippen LogP) is 5.93. The van der Waals surface area contributed by atoms with Crippen LogP contribution in [0.4, 0.5) is 0 Å². The second kappa shape index (κ2) is 5.20. The maximum atomic E-state index is 6.42. The highest BCUT2D eigenvalue weighted by Crippen LogP contribution is 2.38. The molecule has 1 unspecified atom stereocenters. The van der Waals surface area contributed by atoms with E-state index in [1.165, 1.54) is 0 Å². The van der Waals surface area contributed by atoms with Gasteiger partial charge in [-0.3, -0.25) is 0 Å². The SMILES string of the molecule is CC(C)(C)CC(Cl)c1cc(Br)ccc1Br. The third-order valence-corrected chi connectivity index (χ3v) is 3.69. The lowest BCUT2D eigenvalue weighted by atomic mass is 9.88. The third kappa shape index (κ3) is 4.46. The lowest BCUT2D eigenvalue weighted by Gasteiger charge is -2.22. The normalized spacial score (nSPS) is 14.0. The quantitative estimate of drug-likeness (QED) is 0.578. The fourth-order valence-electron chi connectivity index (χ4n) is 1.40. The van der Waals surface area contributed by atoms with Crippen LogP contribution in [0.3, 0.4) is 0 Å². The van der Waals surface area contributed by atoms with Gasteiger partial charge in [0, 0.05) is 8.95 Å². The maximum absolute atomic E-state index is 6.42. The van der Waals surface area contributed by atoms with Gasteiger partial charge in [-0.25, -0.2) is 0 Å². The molecule has 0 aromatic heterocycles. The van der Waals surface area contributed by atoms with Gasteiger partial charge < -0.3 is 0 Å². The van der Waals surface area contributed by atoms with Crippen molar-refractivity contribution in [2.24, 2.45) is 5.41 Å². The van der Waals surface area contributed by atoms with E-state index in [2.05, 4.69) is 58.7 Å². The summed E-state index contributed by atoms with van der Waals surface area (Å²) < 4.78 is 2.15. The molecule has 0 saturated carbocycles. The number of hydrogen-bond acceptors (Lipinski definition) is 0. The van der Waals surface area contributed by atoms with E-state index in [1.807, 2.05) is 12.1 Å². The molecule has 0 fully saturated rings. The minimum Gasteiger partial charge on any atom is -0.118 e. The van der Waals surface area contributed by atoms with Crippen LogP contribution in [0.1, 0.15) is 38.1 Å². The van der Waals surface area contributed by atoms with Crippen molar-refractivity contribution in [3.63, 3.8) is 0 Å². The summed E-state index contributed by atoms with van der Waals surface area (Å²) in [5.41, 5.74) is 1.40. The molecule has 0 nitrogen and oxygen atoms in total. The summed E-state index contributed by atoms with van der Waals surface area (Å²) in [5.74, 6) is 0. The van der Waals surface area contributed by atoms with Crippen LogP contribution in [0.2, 0.25) is 0 Å². The summed E-state index contributed by atoms with van der Waals surface area (Å²) in [6.45, 7) is 6.61. The van der Waals surface area contributed by atoms with Crippen molar-refractivity contribution in [1.29, 1.82) is 0 Å². The Morgan fingerprint density at radius 1 is 1.27 bits per heavy atom. The lowest BCUT2D eigenvalue weighted by Crippen LogP contribution is -2.08. The van der Waals surface area contributed by atoms with Crippen LogP contribution in [0, 0.1) is 5.41 Å². The monoisotopic (exact) mass is 352 g/mol. The molecule has 1 aromatic carbocycles. The van der Waals surface area contributed by atoms with E-state index < -0.39 is 0 Å². The number of hydrogen-bond donors (Lipinski definition) is 0. The molecule has 0 spiro atoms. The van der Waals surface area contributed by atoms with Crippen molar-refractivity contribution in [2.75, 3.05) is 0 Å². The van der Waals surface area contributed by atoms with E-state index in [1.54, 1.807) is 0 Å². The van der Waals surface area contributed by atoms with Gasteiger partial charge in [0.2, 0.25) is 0 Å². The molecular weight excluding hydrogens is 339 g/mol. The summed E-state index contributed by atoms with van der Waals surface area (Å²) in [7, 11) is 0. The molecule has 1 aromatic rings. The van der Waals surface area contributed by atoms with Gasteiger partial charge in [0.1, 0.15) is 0 Å². The van der Waals surface area contributed by atoms with Gasteiger partial charge in [-0.2, -0.15) is 0 Å². The van der Waals surface area contributed by atoms with Gasteiger partial charge in [-0.05, 0) is 35.6 Å². The molecule has 0 bridgehead atoms. The molecule has 1 rings (SSSR count). The van der Waals surface area contributed by atoms with Crippen molar-refractivity contribution in [3.05, 3.63) is 32.7 Å². The first-order valence-corrected chi connectivity index (χ1v) is 6.91. The lowest BCUT2D eigenvalue weighted by molar-refractivity contribution is 0.372. The average molecular weight is 355 g/mol. The molecule has 0 radical (unpaired) electrons. The van der Waals surface area contributed by atoms with Gasteiger partial charge in [0.05, 0.1) is 5.38 Å². The van der Waals surface area contributed by atoms with Gasteiger partial charge in [-0.1, -0.05) is 52.6 Å². The van der Waals surface area contributed by atoms with Crippen LogP contribution in [-0.4, -0.2) is 0 Å². The molecule has 0 aliphatic carbocycles. The van der Waals surface area contributed by atoms with E-state index in [4.69, 9.17) is 11.6 Å². The number of halogens is 3. The summed E-state index contributed by atoms with van der Waals surface area (Å²) >= 11 is 13.4. The minimum atomic E-state index is 0.0527. The first kappa shape index (κ1) is 13.5. The van der Waals surface area contributed by atoms with E-state index in [9.17, 15) is 0 Å². The molecule has 0 heterocycles. The molecule has 0 saturated heterocycles. The number of rotatable bonds is 2. The molecule has 3 heteroatoms. The predicted molar refractivity (Wildman–Crippen MR) is 74.5 cm³/mol. The Labute approximate surface area is 114 Å². The highest BCUT2D eigenvalue weighted by Gasteiger charge is 2.20. The van der Waals surface area contributed by atoms with E-state index in [0.29, 0.717) is 0 Å². The Balaban J connectivity index is 2.90. The van der Waals surface area contributed by atoms with Crippen LogP contribution in [0.25, 0.3) is 0 Å². The van der Waals surface area contributed by atoms with E-state index in [0.717, 1.165) is 20.9 Å². The first-order chi connectivity index (χ1) is 6.79. The van der Waals surface area contributed by atoms with Crippen molar-refractivity contribution in [3.8, 4) is 0 Å². The molecule has 1 atom stereocenters. The highest BCUT2D eigenvalue weighted by atomic mass is 79.9. The topological polar surface area (TPSA) is 0 Å². The average Bonchev–Trinajstić information content (AvgIpc) is 2.06. The molecule has 84 valence electrons. The Kier molecular flexibility index (Phi) is 4.69. The van der Waals surface area contributed by atoms with Gasteiger partial charge in [0.25, 0.3) is 0 Å². The van der Waals surface area contributed by atoms with Crippen LogP contribution < -0.4 is 0 Å². The number of benzene rings is 1. The molecular formula is C12H15Br2Cl. The van der Waals surface area contributed by atoms with Crippen molar-refractivity contribution in [2.45, 2.75) is 32.6 Å². The standard InChI is InChI=1S/C12H15Br2Cl/c1-12(2,3)7-11(15)9-6-8(13)4-5-10(9)14/h4-6,11H,7H2,1-3H3. The minimum absolute atomic E-state index is 0.0527. The van der Waals surface area contributed by atoms with Crippen LogP contribution in [0.5, 0.6) is 0 Å². The molecule has 15 heavy (non-hydrogen) atoms. The van der Waals surface area contributed by atoms with Crippen molar-refractivity contribution in [1.82, 2.24) is 0 Å². The van der Waals surface area contributed by atoms with Crippen LogP contribution >= 0.6 is 43.5 Å². The van der Waals surface area contributed by atoms with E-state index in [-0.39, 0.29) is 10.8 Å². The Morgan fingerprint density at radius 3 is 2.40 bits per heavy atom. The summed E-state index contributed by atoms with van der Waals surface area (Å²) in [6.07, 6.45) is 0.962. The Bertz CT molecular complexity index is 342. The van der Waals surface area contributed by atoms with Crippen LogP contribution in [0.15, 0.2) is 27.1 Å². The van der Waals surface area contributed by atoms with Gasteiger partial charge >= 0.3 is 0 Å². The first-order valence-electron chi connectivity index (χ1n) is 4.88. The zero-order chi connectivity index (χ0) is 11.6. The van der Waals surface area contributed by atoms with Crippen LogP contribution in [-0.2, 0) is 0 Å². The summed E-state index contributed by atoms with van der Waals surface area (Å²) in [6, 6.07) is 6.11. The fraction of sp³-hybridized carbons (Fsp3) is 0.500. The zero-order valence-corrected chi connectivity index (χ0v) is 13.1.